The lowest BCUT2D eigenvalue weighted by atomic mass is 10.0. The molecule has 0 spiro atoms. The average molecular weight is 464 g/mol. The molecule has 6 nitrogen and oxygen atoms in total. The quantitative estimate of drug-likeness (QED) is 0.306. The van der Waals surface area contributed by atoms with Gasteiger partial charge in [0.15, 0.2) is 11.9 Å². The molecule has 1 aliphatic rings. The van der Waals surface area contributed by atoms with E-state index in [0.717, 1.165) is 39.3 Å². The zero-order valence-electron chi connectivity index (χ0n) is 19.8. The first-order valence-electron chi connectivity index (χ1n) is 11.3. The third-order valence-corrected chi connectivity index (χ3v) is 5.79. The van der Waals surface area contributed by atoms with E-state index in [1.165, 1.54) is 0 Å². The van der Waals surface area contributed by atoms with E-state index in [9.17, 15) is 0 Å². The zero-order chi connectivity index (χ0) is 24.2. The fraction of sp³-hybridized carbons (Fsp3) is 0.138. The van der Waals surface area contributed by atoms with Crippen LogP contribution in [0.1, 0.15) is 28.4 Å². The molecule has 174 valence electrons. The lowest BCUT2D eigenvalue weighted by Gasteiger charge is -2.22. The fourth-order valence-electron chi connectivity index (χ4n) is 3.83. The first kappa shape index (κ1) is 22.3. The van der Waals surface area contributed by atoms with Crippen LogP contribution in [0.15, 0.2) is 77.8 Å². The highest BCUT2D eigenvalue weighted by Gasteiger charge is 2.18. The normalized spacial score (nSPS) is 14.4. The summed E-state index contributed by atoms with van der Waals surface area (Å²) in [6.07, 6.45) is 5.83. The summed E-state index contributed by atoms with van der Waals surface area (Å²) in [5.74, 6) is 2.30. The summed E-state index contributed by atoms with van der Waals surface area (Å²) in [7, 11) is 3.14. The summed E-state index contributed by atoms with van der Waals surface area (Å²) in [5.41, 5.74) is 6.14. The number of aliphatic imine (C=N–C) groups is 1. The number of ether oxygens (including phenoxy) is 3. The van der Waals surface area contributed by atoms with Gasteiger partial charge in [-0.1, -0.05) is 72.8 Å². The van der Waals surface area contributed by atoms with Crippen LogP contribution in [0.5, 0.6) is 17.5 Å². The number of rotatable bonds is 6. The average Bonchev–Trinajstić information content (AvgIpc) is 2.92. The predicted octanol–water partition coefficient (Wildman–Crippen LogP) is 6.48. The standard InChI is InChI=1S/C29H25N3O3/c1-19-5-4-6-24-28(19)30-18-25(35-24)22-13-9-20(10-14-22)7-8-21-11-15-23(16-12-21)29-31-26(33-2)17-27(32-29)34-3/h4-18,25H,1-3H3/b8-7+. The molecule has 1 aliphatic heterocycles. The molecule has 6 heteroatoms. The second-order valence-electron chi connectivity index (χ2n) is 8.14. The second kappa shape index (κ2) is 9.81. The van der Waals surface area contributed by atoms with Crippen molar-refractivity contribution in [2.75, 3.05) is 14.2 Å². The van der Waals surface area contributed by atoms with Gasteiger partial charge in [0.1, 0.15) is 11.4 Å². The van der Waals surface area contributed by atoms with E-state index in [-0.39, 0.29) is 6.10 Å². The van der Waals surface area contributed by atoms with Crippen LogP contribution in [0.4, 0.5) is 5.69 Å². The lowest BCUT2D eigenvalue weighted by molar-refractivity contribution is 0.274. The first-order chi connectivity index (χ1) is 17.1. The van der Waals surface area contributed by atoms with Crippen LogP contribution >= 0.6 is 0 Å². The Bertz CT molecular complexity index is 1370. The molecule has 0 saturated heterocycles. The van der Waals surface area contributed by atoms with Gasteiger partial charge in [-0.2, -0.15) is 9.97 Å². The summed E-state index contributed by atoms with van der Waals surface area (Å²) < 4.78 is 16.6. The van der Waals surface area contributed by atoms with Gasteiger partial charge in [0, 0.05) is 5.56 Å². The van der Waals surface area contributed by atoms with E-state index in [0.29, 0.717) is 17.6 Å². The number of aromatic nitrogens is 2. The maximum absolute atomic E-state index is 6.15. The minimum Gasteiger partial charge on any atom is -0.481 e. The van der Waals surface area contributed by atoms with E-state index in [2.05, 4.69) is 51.4 Å². The van der Waals surface area contributed by atoms with Crippen LogP contribution in [0.3, 0.4) is 0 Å². The Balaban J connectivity index is 1.27. The van der Waals surface area contributed by atoms with Gasteiger partial charge in [-0.05, 0) is 35.2 Å². The summed E-state index contributed by atoms with van der Waals surface area (Å²) in [6.45, 7) is 2.04. The van der Waals surface area contributed by atoms with E-state index in [1.54, 1.807) is 20.3 Å². The van der Waals surface area contributed by atoms with Crippen LogP contribution < -0.4 is 14.2 Å². The van der Waals surface area contributed by atoms with Gasteiger partial charge in [-0.25, -0.2) is 0 Å². The van der Waals surface area contributed by atoms with Crippen molar-refractivity contribution in [1.82, 2.24) is 9.97 Å². The molecule has 4 aromatic rings. The second-order valence-corrected chi connectivity index (χ2v) is 8.14. The molecular weight excluding hydrogens is 438 g/mol. The van der Waals surface area contributed by atoms with Gasteiger partial charge in [0.25, 0.3) is 0 Å². The molecule has 0 fully saturated rings. The molecular formula is C29H25N3O3. The zero-order valence-corrected chi connectivity index (χ0v) is 19.8. The van der Waals surface area contributed by atoms with Crippen molar-refractivity contribution in [3.63, 3.8) is 0 Å². The van der Waals surface area contributed by atoms with Gasteiger partial charge >= 0.3 is 0 Å². The summed E-state index contributed by atoms with van der Waals surface area (Å²) in [4.78, 5) is 13.4. The Morgan fingerprint density at radius 2 is 1.43 bits per heavy atom. The third-order valence-electron chi connectivity index (χ3n) is 5.79. The summed E-state index contributed by atoms with van der Waals surface area (Å²) in [5, 5.41) is 0. The lowest BCUT2D eigenvalue weighted by Crippen LogP contribution is -2.12. The smallest absolute Gasteiger partial charge is 0.220 e. The first-order valence-corrected chi connectivity index (χ1v) is 11.3. The molecule has 0 amide bonds. The summed E-state index contributed by atoms with van der Waals surface area (Å²) in [6, 6.07) is 24.0. The third kappa shape index (κ3) is 4.92. The van der Waals surface area contributed by atoms with E-state index < -0.39 is 0 Å². The van der Waals surface area contributed by atoms with E-state index >= 15 is 0 Å². The molecule has 2 heterocycles. The van der Waals surface area contributed by atoms with Crippen molar-refractivity contribution in [3.8, 4) is 28.9 Å². The fourth-order valence-corrected chi connectivity index (χ4v) is 3.83. The minimum absolute atomic E-state index is 0.188. The van der Waals surface area contributed by atoms with Crippen LogP contribution in [0, 0.1) is 6.92 Å². The Morgan fingerprint density at radius 3 is 2.06 bits per heavy atom. The Kier molecular flexibility index (Phi) is 6.26. The Labute approximate surface area is 204 Å². The van der Waals surface area contributed by atoms with Crippen molar-refractivity contribution in [2.45, 2.75) is 13.0 Å². The number of fused-ring (bicyclic) bond motifs is 1. The van der Waals surface area contributed by atoms with Crippen LogP contribution in [-0.4, -0.2) is 30.4 Å². The number of nitrogens with zero attached hydrogens (tertiary/aromatic N) is 3. The highest BCUT2D eigenvalue weighted by atomic mass is 16.5. The van der Waals surface area contributed by atoms with Gasteiger partial charge in [0.05, 0.1) is 26.5 Å². The van der Waals surface area contributed by atoms with Crippen molar-refractivity contribution in [3.05, 3.63) is 95.1 Å². The van der Waals surface area contributed by atoms with Crippen molar-refractivity contribution in [1.29, 1.82) is 0 Å². The van der Waals surface area contributed by atoms with Crippen molar-refractivity contribution in [2.24, 2.45) is 4.99 Å². The molecule has 1 unspecified atom stereocenters. The maximum atomic E-state index is 6.15. The molecule has 0 N–H and O–H groups in total. The predicted molar refractivity (Wildman–Crippen MR) is 139 cm³/mol. The molecule has 5 rings (SSSR count). The van der Waals surface area contributed by atoms with Crippen molar-refractivity contribution >= 4 is 24.1 Å². The highest BCUT2D eigenvalue weighted by Crippen LogP contribution is 2.37. The monoisotopic (exact) mass is 463 g/mol. The highest BCUT2D eigenvalue weighted by molar-refractivity contribution is 5.77. The van der Waals surface area contributed by atoms with Crippen LogP contribution in [-0.2, 0) is 0 Å². The minimum atomic E-state index is -0.188. The topological polar surface area (TPSA) is 65.8 Å². The number of benzene rings is 3. The number of para-hydroxylation sites is 1. The SMILES string of the molecule is COc1cc(OC)nc(-c2ccc(/C=C/c3ccc(C4C=Nc5c(C)cccc5O4)cc3)cc2)n1. The van der Waals surface area contributed by atoms with Gasteiger partial charge < -0.3 is 14.2 Å². The molecule has 0 bridgehead atoms. The van der Waals surface area contributed by atoms with Crippen LogP contribution in [0.25, 0.3) is 23.5 Å². The Hall–Kier alpha value is -4.45. The molecule has 1 atom stereocenters. The molecule has 3 aromatic carbocycles. The molecule has 0 aliphatic carbocycles. The number of methoxy groups -OCH3 is 2. The summed E-state index contributed by atoms with van der Waals surface area (Å²) >= 11 is 0. The maximum Gasteiger partial charge on any atom is 0.220 e. The van der Waals surface area contributed by atoms with Gasteiger partial charge in [-0.15, -0.1) is 0 Å². The van der Waals surface area contributed by atoms with Gasteiger partial charge in [-0.3, -0.25) is 4.99 Å². The van der Waals surface area contributed by atoms with Gasteiger partial charge in [0.2, 0.25) is 11.8 Å². The number of hydrogen-bond acceptors (Lipinski definition) is 6. The molecule has 0 radical (unpaired) electrons. The van der Waals surface area contributed by atoms with E-state index in [1.807, 2.05) is 55.6 Å². The number of hydrogen-bond donors (Lipinski definition) is 0. The Morgan fingerprint density at radius 1 is 0.800 bits per heavy atom. The molecule has 1 aromatic heterocycles. The molecule has 0 saturated carbocycles. The van der Waals surface area contributed by atoms with Crippen LogP contribution in [0.2, 0.25) is 0 Å². The largest absolute Gasteiger partial charge is 0.481 e. The van der Waals surface area contributed by atoms with E-state index in [4.69, 9.17) is 14.2 Å². The molecule has 35 heavy (non-hydrogen) atoms. The van der Waals surface area contributed by atoms with Crippen molar-refractivity contribution < 1.29 is 14.2 Å². The number of aryl methyl sites for hydroxylation is 1.